The SMILES string of the molecule is C=CCN1C(=O)c2ccccc2NC1c1ccc(OCc2ccccc2)c(OC)c1. The van der Waals surface area contributed by atoms with E-state index >= 15 is 0 Å². The van der Waals surface area contributed by atoms with E-state index in [2.05, 4.69) is 11.9 Å². The van der Waals surface area contributed by atoms with Crippen LogP contribution in [0.2, 0.25) is 0 Å². The van der Waals surface area contributed by atoms with Gasteiger partial charge in [-0.05, 0) is 35.4 Å². The first kappa shape index (κ1) is 19.6. The van der Waals surface area contributed by atoms with Crippen LogP contribution in [0, 0.1) is 0 Å². The predicted molar refractivity (Wildman–Crippen MR) is 118 cm³/mol. The van der Waals surface area contributed by atoms with Crippen molar-refractivity contribution in [2.24, 2.45) is 0 Å². The first-order valence-corrected chi connectivity index (χ1v) is 9.83. The zero-order chi connectivity index (χ0) is 20.9. The van der Waals surface area contributed by atoms with Gasteiger partial charge in [-0.2, -0.15) is 0 Å². The number of methoxy groups -OCH3 is 1. The van der Waals surface area contributed by atoms with Crippen molar-refractivity contribution in [1.82, 2.24) is 4.90 Å². The van der Waals surface area contributed by atoms with E-state index in [1.54, 1.807) is 18.1 Å². The summed E-state index contributed by atoms with van der Waals surface area (Å²) in [7, 11) is 1.62. The zero-order valence-electron chi connectivity index (χ0n) is 16.9. The monoisotopic (exact) mass is 400 g/mol. The number of hydrogen-bond acceptors (Lipinski definition) is 4. The zero-order valence-corrected chi connectivity index (χ0v) is 16.9. The van der Waals surface area contributed by atoms with Crippen molar-refractivity contribution < 1.29 is 14.3 Å². The molecular formula is C25H24N2O3. The summed E-state index contributed by atoms with van der Waals surface area (Å²) in [4.78, 5) is 14.8. The minimum atomic E-state index is -0.331. The maximum atomic E-state index is 13.1. The van der Waals surface area contributed by atoms with Gasteiger partial charge in [-0.15, -0.1) is 6.58 Å². The van der Waals surface area contributed by atoms with Crippen LogP contribution in [0.5, 0.6) is 11.5 Å². The molecule has 5 heteroatoms. The van der Waals surface area contributed by atoms with Crippen LogP contribution >= 0.6 is 0 Å². The molecule has 3 aromatic carbocycles. The lowest BCUT2D eigenvalue weighted by atomic mass is 10.0. The van der Waals surface area contributed by atoms with E-state index in [0.717, 1.165) is 16.8 Å². The number of benzene rings is 3. The van der Waals surface area contributed by atoms with E-state index in [-0.39, 0.29) is 12.1 Å². The Bertz CT molecular complexity index is 1050. The largest absolute Gasteiger partial charge is 0.493 e. The summed E-state index contributed by atoms with van der Waals surface area (Å²) in [6, 6.07) is 23.3. The van der Waals surface area contributed by atoms with Crippen molar-refractivity contribution in [1.29, 1.82) is 0 Å². The topological polar surface area (TPSA) is 50.8 Å². The molecule has 0 saturated carbocycles. The van der Waals surface area contributed by atoms with E-state index in [1.165, 1.54) is 0 Å². The summed E-state index contributed by atoms with van der Waals surface area (Å²) in [5.74, 6) is 1.25. The molecule has 5 nitrogen and oxygen atoms in total. The van der Waals surface area contributed by atoms with E-state index < -0.39 is 0 Å². The molecule has 0 fully saturated rings. The highest BCUT2D eigenvalue weighted by atomic mass is 16.5. The van der Waals surface area contributed by atoms with Crippen LogP contribution in [0.1, 0.15) is 27.7 Å². The summed E-state index contributed by atoms with van der Waals surface area (Å²) in [5, 5.41) is 3.47. The molecule has 1 atom stereocenters. The van der Waals surface area contributed by atoms with Crippen LogP contribution < -0.4 is 14.8 Å². The van der Waals surface area contributed by atoms with Crippen LogP contribution in [0.25, 0.3) is 0 Å². The first-order valence-electron chi connectivity index (χ1n) is 9.83. The summed E-state index contributed by atoms with van der Waals surface area (Å²) in [6.45, 7) is 4.69. The van der Waals surface area contributed by atoms with Crippen molar-refractivity contribution in [3.05, 3.63) is 102 Å². The normalized spacial score (nSPS) is 15.2. The molecule has 152 valence electrons. The minimum Gasteiger partial charge on any atom is -0.493 e. The third-order valence-electron chi connectivity index (χ3n) is 5.09. The van der Waals surface area contributed by atoms with E-state index in [9.17, 15) is 4.79 Å². The third-order valence-corrected chi connectivity index (χ3v) is 5.09. The Labute approximate surface area is 176 Å². The van der Waals surface area contributed by atoms with Gasteiger partial charge in [-0.1, -0.05) is 54.6 Å². The standard InChI is InChI=1S/C25H24N2O3/c1-3-15-27-24(26-21-12-8-7-11-20(21)25(27)28)19-13-14-22(23(16-19)29-2)30-17-18-9-5-4-6-10-18/h3-14,16,24,26H,1,15,17H2,2H3. The lowest BCUT2D eigenvalue weighted by molar-refractivity contribution is 0.0707. The van der Waals surface area contributed by atoms with Gasteiger partial charge in [-0.3, -0.25) is 4.79 Å². The van der Waals surface area contributed by atoms with Crippen LogP contribution in [-0.4, -0.2) is 24.5 Å². The van der Waals surface area contributed by atoms with Crippen molar-refractivity contribution in [2.45, 2.75) is 12.8 Å². The maximum absolute atomic E-state index is 13.1. The summed E-state index contributed by atoms with van der Waals surface area (Å²) < 4.78 is 11.5. The van der Waals surface area contributed by atoms with Crippen LogP contribution in [0.4, 0.5) is 5.69 Å². The third kappa shape index (κ3) is 3.87. The molecule has 1 aliphatic heterocycles. The Morgan fingerprint density at radius 3 is 2.57 bits per heavy atom. The molecule has 1 aliphatic rings. The van der Waals surface area contributed by atoms with Gasteiger partial charge in [0.1, 0.15) is 12.8 Å². The van der Waals surface area contributed by atoms with Gasteiger partial charge in [0.25, 0.3) is 5.91 Å². The lowest BCUT2D eigenvalue weighted by Crippen LogP contribution is -2.42. The number of ether oxygens (including phenoxy) is 2. The number of rotatable bonds is 7. The summed E-state index contributed by atoms with van der Waals surface area (Å²) >= 11 is 0. The van der Waals surface area contributed by atoms with Crippen molar-refractivity contribution in [3.63, 3.8) is 0 Å². The van der Waals surface area contributed by atoms with Gasteiger partial charge >= 0.3 is 0 Å². The van der Waals surface area contributed by atoms with Crippen molar-refractivity contribution in [2.75, 3.05) is 19.0 Å². The lowest BCUT2D eigenvalue weighted by Gasteiger charge is -2.37. The smallest absolute Gasteiger partial charge is 0.258 e. The molecule has 1 heterocycles. The quantitative estimate of drug-likeness (QED) is 0.566. The molecule has 0 saturated heterocycles. The van der Waals surface area contributed by atoms with Gasteiger partial charge in [0.05, 0.1) is 12.7 Å². The Morgan fingerprint density at radius 1 is 1.03 bits per heavy atom. The Kier molecular flexibility index (Phi) is 5.70. The highest BCUT2D eigenvalue weighted by molar-refractivity contribution is 6.01. The second kappa shape index (κ2) is 8.74. The molecule has 1 amide bonds. The highest BCUT2D eigenvalue weighted by Gasteiger charge is 2.32. The molecule has 0 aromatic heterocycles. The number of hydrogen-bond donors (Lipinski definition) is 1. The molecule has 4 rings (SSSR count). The summed E-state index contributed by atoms with van der Waals surface area (Å²) in [6.07, 6.45) is 1.40. The minimum absolute atomic E-state index is 0.0300. The van der Waals surface area contributed by atoms with Crippen molar-refractivity contribution >= 4 is 11.6 Å². The number of carbonyl (C=O) groups excluding carboxylic acids is 1. The Hall–Kier alpha value is -3.73. The second-order valence-corrected chi connectivity index (χ2v) is 7.02. The van der Waals surface area contributed by atoms with Crippen LogP contribution in [-0.2, 0) is 6.61 Å². The average Bonchev–Trinajstić information content (AvgIpc) is 2.80. The van der Waals surface area contributed by atoms with Crippen LogP contribution in [0.15, 0.2) is 85.5 Å². The van der Waals surface area contributed by atoms with Gasteiger partial charge < -0.3 is 19.7 Å². The van der Waals surface area contributed by atoms with E-state index in [0.29, 0.717) is 30.2 Å². The highest BCUT2D eigenvalue weighted by Crippen LogP contribution is 2.37. The number of amides is 1. The summed E-state index contributed by atoms with van der Waals surface area (Å²) in [5.41, 5.74) is 3.46. The van der Waals surface area contributed by atoms with Crippen molar-refractivity contribution in [3.8, 4) is 11.5 Å². The van der Waals surface area contributed by atoms with Gasteiger partial charge in [-0.25, -0.2) is 0 Å². The maximum Gasteiger partial charge on any atom is 0.258 e. The Balaban J connectivity index is 1.62. The van der Waals surface area contributed by atoms with Crippen LogP contribution in [0.3, 0.4) is 0 Å². The van der Waals surface area contributed by atoms with Gasteiger partial charge in [0, 0.05) is 12.2 Å². The number of nitrogens with zero attached hydrogens (tertiary/aromatic N) is 1. The Morgan fingerprint density at radius 2 is 1.80 bits per heavy atom. The molecule has 0 spiro atoms. The number of nitrogens with one attached hydrogen (secondary N) is 1. The molecule has 0 bridgehead atoms. The molecule has 30 heavy (non-hydrogen) atoms. The number of fused-ring (bicyclic) bond motifs is 1. The average molecular weight is 400 g/mol. The first-order chi connectivity index (χ1) is 14.7. The molecule has 0 radical (unpaired) electrons. The fourth-order valence-electron chi connectivity index (χ4n) is 3.59. The molecule has 3 aromatic rings. The van der Waals surface area contributed by atoms with E-state index in [1.807, 2.05) is 72.8 Å². The second-order valence-electron chi connectivity index (χ2n) is 7.02. The number of para-hydroxylation sites is 1. The molecular weight excluding hydrogens is 376 g/mol. The number of carbonyl (C=O) groups is 1. The van der Waals surface area contributed by atoms with Gasteiger partial charge in [0.2, 0.25) is 0 Å². The van der Waals surface area contributed by atoms with Gasteiger partial charge in [0.15, 0.2) is 11.5 Å². The predicted octanol–water partition coefficient (Wildman–Crippen LogP) is 5.03. The molecule has 1 unspecified atom stereocenters. The fraction of sp³-hybridized carbons (Fsp3) is 0.160. The molecule has 0 aliphatic carbocycles. The number of anilines is 1. The van der Waals surface area contributed by atoms with E-state index in [4.69, 9.17) is 9.47 Å². The fourth-order valence-corrected chi connectivity index (χ4v) is 3.59. The molecule has 1 N–H and O–H groups in total.